The predicted molar refractivity (Wildman–Crippen MR) is 79.2 cm³/mol. The Bertz CT molecular complexity index is 602. The fourth-order valence-corrected chi connectivity index (χ4v) is 2.37. The summed E-state index contributed by atoms with van der Waals surface area (Å²) in [7, 11) is -3.17. The summed E-state index contributed by atoms with van der Waals surface area (Å²) in [6.45, 7) is 0.782. The number of nitrogens with zero attached hydrogens (tertiary/aromatic N) is 2. The van der Waals surface area contributed by atoms with Crippen LogP contribution in [0.15, 0.2) is 15.5 Å². The minimum absolute atomic E-state index is 0.135. The van der Waals surface area contributed by atoms with E-state index in [9.17, 15) is 13.2 Å². The first-order valence-corrected chi connectivity index (χ1v) is 8.58. The molecule has 20 heavy (non-hydrogen) atoms. The lowest BCUT2D eigenvalue weighted by molar-refractivity contribution is 0.266. The van der Waals surface area contributed by atoms with Crippen LogP contribution in [-0.4, -0.2) is 49.3 Å². The van der Waals surface area contributed by atoms with Crippen LogP contribution in [-0.2, 0) is 16.6 Å². The molecule has 0 unspecified atom stereocenters. The van der Waals surface area contributed by atoms with Crippen molar-refractivity contribution in [3.05, 3.63) is 21.0 Å². The van der Waals surface area contributed by atoms with E-state index < -0.39 is 10.0 Å². The maximum Gasteiger partial charge on any atom is 0.283 e. The molecule has 8 nitrogen and oxygen atoms in total. The van der Waals surface area contributed by atoms with E-state index in [1.165, 1.54) is 6.20 Å². The summed E-state index contributed by atoms with van der Waals surface area (Å²) < 4.78 is 25.6. The molecule has 0 aliphatic rings. The number of aromatic nitrogens is 2. The van der Waals surface area contributed by atoms with Crippen molar-refractivity contribution in [2.45, 2.75) is 13.0 Å². The lowest BCUT2D eigenvalue weighted by Gasteiger charge is -2.10. The van der Waals surface area contributed by atoms with Gasteiger partial charge in [-0.1, -0.05) is 0 Å². The Hall–Kier alpha value is -0.970. The summed E-state index contributed by atoms with van der Waals surface area (Å²) in [4.78, 5) is 11.8. The monoisotopic (exact) mass is 368 g/mol. The molecule has 0 aliphatic carbocycles. The molecule has 1 aromatic rings. The SMILES string of the molecule is CS(=O)(=O)NCCCNc1cnn(CCO)c(=O)c1Br. The second kappa shape index (κ2) is 7.72. The fraction of sp³-hybridized carbons (Fsp3) is 0.600. The zero-order valence-electron chi connectivity index (χ0n) is 11.0. The van der Waals surface area contributed by atoms with Crippen molar-refractivity contribution in [1.29, 1.82) is 0 Å². The summed E-state index contributed by atoms with van der Waals surface area (Å²) in [6.07, 6.45) is 3.14. The van der Waals surface area contributed by atoms with Gasteiger partial charge in [-0.3, -0.25) is 4.79 Å². The van der Waals surface area contributed by atoms with E-state index >= 15 is 0 Å². The van der Waals surface area contributed by atoms with Gasteiger partial charge < -0.3 is 10.4 Å². The van der Waals surface area contributed by atoms with Gasteiger partial charge in [0.25, 0.3) is 5.56 Å². The summed E-state index contributed by atoms with van der Waals surface area (Å²) in [5.41, 5.74) is 0.196. The third kappa shape index (κ3) is 5.57. The van der Waals surface area contributed by atoms with Crippen molar-refractivity contribution in [1.82, 2.24) is 14.5 Å². The van der Waals surface area contributed by atoms with Gasteiger partial charge >= 0.3 is 0 Å². The van der Waals surface area contributed by atoms with Crippen molar-refractivity contribution in [3.8, 4) is 0 Å². The second-order valence-electron chi connectivity index (χ2n) is 4.07. The van der Waals surface area contributed by atoms with Crippen LogP contribution in [0.1, 0.15) is 6.42 Å². The molecule has 10 heteroatoms. The molecule has 0 fully saturated rings. The van der Waals surface area contributed by atoms with E-state index in [1.54, 1.807) is 0 Å². The first kappa shape index (κ1) is 17.1. The smallest absolute Gasteiger partial charge is 0.283 e. The molecule has 1 heterocycles. The van der Waals surface area contributed by atoms with E-state index in [2.05, 4.69) is 31.1 Å². The molecule has 0 radical (unpaired) electrons. The Morgan fingerprint density at radius 3 is 2.75 bits per heavy atom. The number of rotatable bonds is 8. The zero-order chi connectivity index (χ0) is 15.2. The molecule has 0 aliphatic heterocycles. The topological polar surface area (TPSA) is 113 Å². The standard InChI is InChI=1S/C10H17BrN4O4S/c1-20(18,19)14-4-2-3-12-8-7-13-15(5-6-16)10(17)9(8)11/h7,12,14,16H,2-6H2,1H3. The van der Waals surface area contributed by atoms with Crippen molar-refractivity contribution < 1.29 is 13.5 Å². The highest BCUT2D eigenvalue weighted by Gasteiger charge is 2.08. The van der Waals surface area contributed by atoms with Crippen molar-refractivity contribution in [2.75, 3.05) is 31.3 Å². The molecular formula is C10H17BrN4O4S. The van der Waals surface area contributed by atoms with Crippen LogP contribution in [0.3, 0.4) is 0 Å². The predicted octanol–water partition coefficient (Wildman–Crippen LogP) is -0.651. The molecule has 0 saturated carbocycles. The lowest BCUT2D eigenvalue weighted by Crippen LogP contribution is -2.27. The van der Waals surface area contributed by atoms with Crippen LogP contribution in [0.25, 0.3) is 0 Å². The van der Waals surface area contributed by atoms with Crippen LogP contribution in [0.5, 0.6) is 0 Å². The first-order chi connectivity index (χ1) is 9.35. The Balaban J connectivity index is 2.53. The van der Waals surface area contributed by atoms with Gasteiger partial charge in [-0.2, -0.15) is 5.10 Å². The maximum atomic E-state index is 11.8. The fourth-order valence-electron chi connectivity index (χ4n) is 1.41. The number of sulfonamides is 1. The van der Waals surface area contributed by atoms with E-state index in [0.717, 1.165) is 10.9 Å². The van der Waals surface area contributed by atoms with Gasteiger partial charge in [0.2, 0.25) is 10.0 Å². The van der Waals surface area contributed by atoms with Crippen LogP contribution in [0.2, 0.25) is 0 Å². The molecule has 114 valence electrons. The second-order valence-corrected chi connectivity index (χ2v) is 6.70. The van der Waals surface area contributed by atoms with E-state index in [0.29, 0.717) is 29.7 Å². The normalized spacial score (nSPS) is 11.6. The Labute approximate surface area is 125 Å². The molecule has 0 bridgehead atoms. The number of hydrogen-bond donors (Lipinski definition) is 3. The zero-order valence-corrected chi connectivity index (χ0v) is 13.4. The molecule has 0 spiro atoms. The van der Waals surface area contributed by atoms with Gasteiger partial charge in [-0.25, -0.2) is 17.8 Å². The minimum atomic E-state index is -3.17. The Kier molecular flexibility index (Phi) is 6.59. The quantitative estimate of drug-likeness (QED) is 0.525. The first-order valence-electron chi connectivity index (χ1n) is 5.90. The van der Waals surface area contributed by atoms with Gasteiger partial charge in [0.15, 0.2) is 0 Å². The van der Waals surface area contributed by atoms with Crippen LogP contribution in [0, 0.1) is 0 Å². The molecule has 1 rings (SSSR count). The number of anilines is 1. The van der Waals surface area contributed by atoms with Gasteiger partial charge in [0.05, 0.1) is 31.3 Å². The average molecular weight is 369 g/mol. The molecule has 0 atom stereocenters. The number of aliphatic hydroxyl groups excluding tert-OH is 1. The van der Waals surface area contributed by atoms with Gasteiger partial charge in [0.1, 0.15) is 4.47 Å². The highest BCUT2D eigenvalue weighted by Crippen LogP contribution is 2.15. The molecule has 0 aromatic carbocycles. The number of halogens is 1. The number of aliphatic hydroxyl groups is 1. The van der Waals surface area contributed by atoms with E-state index in [4.69, 9.17) is 5.11 Å². The van der Waals surface area contributed by atoms with Crippen molar-refractivity contribution in [2.24, 2.45) is 0 Å². The Morgan fingerprint density at radius 1 is 1.45 bits per heavy atom. The highest BCUT2D eigenvalue weighted by atomic mass is 79.9. The van der Waals surface area contributed by atoms with Crippen LogP contribution in [0.4, 0.5) is 5.69 Å². The Morgan fingerprint density at radius 2 is 2.15 bits per heavy atom. The van der Waals surface area contributed by atoms with Gasteiger partial charge in [0, 0.05) is 13.1 Å². The van der Waals surface area contributed by atoms with E-state index in [1.807, 2.05) is 0 Å². The van der Waals surface area contributed by atoms with Crippen molar-refractivity contribution >= 4 is 31.6 Å². The molecule has 0 saturated heterocycles. The number of hydrogen-bond acceptors (Lipinski definition) is 6. The van der Waals surface area contributed by atoms with Crippen LogP contribution >= 0.6 is 15.9 Å². The van der Waals surface area contributed by atoms with E-state index in [-0.39, 0.29) is 18.7 Å². The molecule has 3 N–H and O–H groups in total. The van der Waals surface area contributed by atoms with Gasteiger partial charge in [-0.15, -0.1) is 0 Å². The minimum Gasteiger partial charge on any atom is -0.394 e. The summed E-state index contributed by atoms with van der Waals surface area (Å²) in [5, 5.41) is 15.7. The molecule has 0 amide bonds. The lowest BCUT2D eigenvalue weighted by atomic mass is 10.4. The highest BCUT2D eigenvalue weighted by molar-refractivity contribution is 9.10. The molecule has 1 aromatic heterocycles. The molecular weight excluding hydrogens is 352 g/mol. The third-order valence-corrected chi connectivity index (χ3v) is 3.82. The number of nitrogens with one attached hydrogen (secondary N) is 2. The maximum absolute atomic E-state index is 11.8. The van der Waals surface area contributed by atoms with Gasteiger partial charge in [-0.05, 0) is 22.4 Å². The summed E-state index contributed by atoms with van der Waals surface area (Å²) in [5.74, 6) is 0. The third-order valence-electron chi connectivity index (χ3n) is 2.33. The largest absolute Gasteiger partial charge is 0.394 e. The average Bonchev–Trinajstić information content (AvgIpc) is 2.36. The summed E-state index contributed by atoms with van der Waals surface area (Å²) in [6, 6.07) is 0. The van der Waals surface area contributed by atoms with Crippen LogP contribution < -0.4 is 15.6 Å². The van der Waals surface area contributed by atoms with Crippen molar-refractivity contribution in [3.63, 3.8) is 0 Å². The summed E-state index contributed by atoms with van der Waals surface area (Å²) >= 11 is 3.17.